The van der Waals surface area contributed by atoms with E-state index >= 15 is 0 Å². The zero-order valence-corrected chi connectivity index (χ0v) is 11.3. The van der Waals surface area contributed by atoms with Crippen LogP contribution in [0.3, 0.4) is 0 Å². The van der Waals surface area contributed by atoms with E-state index in [1.54, 1.807) is 0 Å². The average Bonchev–Trinajstić information content (AvgIpc) is 2.96. The van der Waals surface area contributed by atoms with E-state index in [0.717, 1.165) is 0 Å². The van der Waals surface area contributed by atoms with E-state index in [-0.39, 0.29) is 11.2 Å². The number of nitrogens with zero attached hydrogens (tertiary/aromatic N) is 3. The molecule has 0 unspecified atom stereocenters. The number of carboxylic acids is 1. The van der Waals surface area contributed by atoms with E-state index < -0.39 is 17.9 Å². The molecule has 0 saturated carbocycles. The molecular formula is C12H18N4O3. The quantitative estimate of drug-likeness (QED) is 0.824. The molecule has 1 amide bonds. The van der Waals surface area contributed by atoms with Crippen molar-refractivity contribution in [3.05, 3.63) is 11.6 Å². The van der Waals surface area contributed by atoms with Crippen molar-refractivity contribution in [1.29, 1.82) is 0 Å². The molecule has 0 spiro atoms. The molecule has 1 aliphatic rings. The SMILES string of the molecule is CC(C)(C)c1nc(C(=O)N2CCC[C@H]2C(=O)O)n[nH]1. The maximum absolute atomic E-state index is 12.2. The van der Waals surface area contributed by atoms with Gasteiger partial charge in [0.05, 0.1) is 0 Å². The van der Waals surface area contributed by atoms with Crippen molar-refractivity contribution in [3.63, 3.8) is 0 Å². The molecule has 1 aromatic heterocycles. The molecule has 1 atom stereocenters. The van der Waals surface area contributed by atoms with Crippen molar-refractivity contribution < 1.29 is 14.7 Å². The molecular weight excluding hydrogens is 248 g/mol. The fourth-order valence-electron chi connectivity index (χ4n) is 2.09. The lowest BCUT2D eigenvalue weighted by atomic mass is 9.96. The van der Waals surface area contributed by atoms with Gasteiger partial charge < -0.3 is 10.0 Å². The van der Waals surface area contributed by atoms with Crippen LogP contribution in [0.1, 0.15) is 50.1 Å². The highest BCUT2D eigenvalue weighted by molar-refractivity contribution is 5.93. The predicted octanol–water partition coefficient (Wildman–Crippen LogP) is 0.791. The number of hydrogen-bond donors (Lipinski definition) is 2. The first-order valence-corrected chi connectivity index (χ1v) is 6.27. The van der Waals surface area contributed by atoms with Crippen molar-refractivity contribution in [2.24, 2.45) is 0 Å². The Kier molecular flexibility index (Phi) is 3.30. The summed E-state index contributed by atoms with van der Waals surface area (Å²) in [7, 11) is 0. The second-order valence-electron chi connectivity index (χ2n) is 5.75. The number of rotatable bonds is 2. The Morgan fingerprint density at radius 1 is 1.42 bits per heavy atom. The van der Waals surface area contributed by atoms with Gasteiger partial charge in [-0.1, -0.05) is 20.8 Å². The summed E-state index contributed by atoms with van der Waals surface area (Å²) in [6.45, 7) is 6.31. The summed E-state index contributed by atoms with van der Waals surface area (Å²) in [5, 5.41) is 15.7. The molecule has 0 aromatic carbocycles. The third kappa shape index (κ3) is 2.59. The van der Waals surface area contributed by atoms with Crippen LogP contribution in [0, 0.1) is 0 Å². The van der Waals surface area contributed by atoms with Crippen LogP contribution in [0.2, 0.25) is 0 Å². The van der Waals surface area contributed by atoms with Crippen molar-refractivity contribution in [2.45, 2.75) is 45.1 Å². The average molecular weight is 266 g/mol. The molecule has 0 aliphatic carbocycles. The van der Waals surface area contributed by atoms with Crippen LogP contribution in [-0.4, -0.2) is 49.7 Å². The van der Waals surface area contributed by atoms with E-state index in [1.807, 2.05) is 20.8 Å². The molecule has 2 rings (SSSR count). The summed E-state index contributed by atoms with van der Waals surface area (Å²) >= 11 is 0. The number of carbonyl (C=O) groups is 2. The normalized spacial score (nSPS) is 19.7. The molecule has 1 aromatic rings. The van der Waals surface area contributed by atoms with Crippen LogP contribution in [0.5, 0.6) is 0 Å². The number of carbonyl (C=O) groups excluding carboxylic acids is 1. The third-order valence-corrected chi connectivity index (χ3v) is 3.19. The number of aromatic amines is 1. The lowest BCUT2D eigenvalue weighted by molar-refractivity contribution is -0.141. The van der Waals surface area contributed by atoms with Crippen LogP contribution >= 0.6 is 0 Å². The molecule has 104 valence electrons. The molecule has 1 aliphatic heterocycles. The number of hydrogen-bond acceptors (Lipinski definition) is 4. The van der Waals surface area contributed by atoms with Crippen molar-refractivity contribution in [1.82, 2.24) is 20.1 Å². The third-order valence-electron chi connectivity index (χ3n) is 3.19. The first-order chi connectivity index (χ1) is 8.80. The van der Waals surface area contributed by atoms with Gasteiger partial charge in [0.2, 0.25) is 5.82 Å². The largest absolute Gasteiger partial charge is 0.480 e. The maximum Gasteiger partial charge on any atom is 0.326 e. The Morgan fingerprint density at radius 2 is 2.11 bits per heavy atom. The highest BCUT2D eigenvalue weighted by Crippen LogP contribution is 2.21. The Hall–Kier alpha value is -1.92. The maximum atomic E-state index is 12.2. The molecule has 0 radical (unpaired) electrons. The molecule has 1 fully saturated rings. The lowest BCUT2D eigenvalue weighted by Crippen LogP contribution is -2.40. The smallest absolute Gasteiger partial charge is 0.326 e. The topological polar surface area (TPSA) is 99.2 Å². The fourth-order valence-corrected chi connectivity index (χ4v) is 2.09. The number of amides is 1. The van der Waals surface area contributed by atoms with Gasteiger partial charge in [-0.05, 0) is 12.8 Å². The predicted molar refractivity (Wildman–Crippen MR) is 66.8 cm³/mol. The van der Waals surface area contributed by atoms with Crippen molar-refractivity contribution >= 4 is 11.9 Å². The van der Waals surface area contributed by atoms with E-state index in [1.165, 1.54) is 4.90 Å². The molecule has 0 bridgehead atoms. The molecule has 7 heteroatoms. The first kappa shape index (κ1) is 13.5. The molecule has 2 heterocycles. The van der Waals surface area contributed by atoms with Gasteiger partial charge in [-0.2, -0.15) is 0 Å². The number of aliphatic carboxylic acids is 1. The molecule has 2 N–H and O–H groups in total. The monoisotopic (exact) mass is 266 g/mol. The number of H-pyrrole nitrogens is 1. The molecule has 1 saturated heterocycles. The van der Waals surface area contributed by atoms with Crippen LogP contribution in [0.15, 0.2) is 0 Å². The van der Waals surface area contributed by atoms with Crippen LogP contribution < -0.4 is 0 Å². The van der Waals surface area contributed by atoms with Gasteiger partial charge in [-0.3, -0.25) is 9.89 Å². The summed E-state index contributed by atoms with van der Waals surface area (Å²) < 4.78 is 0. The standard InChI is InChI=1S/C12H18N4O3/c1-12(2,3)11-13-8(14-15-11)9(17)16-6-4-5-7(16)10(18)19/h7H,4-6H2,1-3H3,(H,18,19)(H,13,14,15)/t7-/m0/s1. The van der Waals surface area contributed by atoms with Gasteiger partial charge in [0, 0.05) is 12.0 Å². The lowest BCUT2D eigenvalue weighted by Gasteiger charge is -2.19. The Labute approximate surface area is 111 Å². The van der Waals surface area contributed by atoms with E-state index in [9.17, 15) is 9.59 Å². The van der Waals surface area contributed by atoms with Gasteiger partial charge in [0.15, 0.2) is 0 Å². The highest BCUT2D eigenvalue weighted by atomic mass is 16.4. The van der Waals surface area contributed by atoms with Gasteiger partial charge in [0.25, 0.3) is 5.91 Å². The minimum atomic E-state index is -0.975. The van der Waals surface area contributed by atoms with Gasteiger partial charge in [-0.25, -0.2) is 9.78 Å². The zero-order valence-electron chi connectivity index (χ0n) is 11.3. The molecule has 7 nitrogen and oxygen atoms in total. The van der Waals surface area contributed by atoms with E-state index in [0.29, 0.717) is 25.2 Å². The van der Waals surface area contributed by atoms with Gasteiger partial charge in [-0.15, -0.1) is 5.10 Å². The Bertz CT molecular complexity index is 503. The highest BCUT2D eigenvalue weighted by Gasteiger charge is 2.36. The summed E-state index contributed by atoms with van der Waals surface area (Å²) in [6, 6.07) is -0.760. The summed E-state index contributed by atoms with van der Waals surface area (Å²) in [5.41, 5.74) is -0.233. The minimum Gasteiger partial charge on any atom is -0.480 e. The number of nitrogens with one attached hydrogen (secondary N) is 1. The van der Waals surface area contributed by atoms with Crippen molar-refractivity contribution in [2.75, 3.05) is 6.54 Å². The number of likely N-dealkylation sites (tertiary alicyclic amines) is 1. The first-order valence-electron chi connectivity index (χ1n) is 6.27. The van der Waals surface area contributed by atoms with Crippen molar-refractivity contribution in [3.8, 4) is 0 Å². The minimum absolute atomic E-state index is 0.0399. The van der Waals surface area contributed by atoms with Crippen LogP contribution in [0.25, 0.3) is 0 Å². The van der Waals surface area contributed by atoms with E-state index in [4.69, 9.17) is 5.11 Å². The number of aromatic nitrogens is 3. The Balaban J connectivity index is 2.20. The number of carboxylic acid groups (broad SMARTS) is 1. The summed E-state index contributed by atoms with van der Waals surface area (Å²) in [4.78, 5) is 28.8. The second-order valence-corrected chi connectivity index (χ2v) is 5.75. The molecule has 19 heavy (non-hydrogen) atoms. The van der Waals surface area contributed by atoms with Crippen LogP contribution in [0.4, 0.5) is 0 Å². The Morgan fingerprint density at radius 3 is 2.63 bits per heavy atom. The second kappa shape index (κ2) is 4.64. The van der Waals surface area contributed by atoms with Gasteiger partial charge in [0.1, 0.15) is 11.9 Å². The van der Waals surface area contributed by atoms with Crippen LogP contribution in [-0.2, 0) is 10.2 Å². The fraction of sp³-hybridized carbons (Fsp3) is 0.667. The van der Waals surface area contributed by atoms with E-state index in [2.05, 4.69) is 15.2 Å². The summed E-state index contributed by atoms with van der Waals surface area (Å²) in [6.07, 6.45) is 1.18. The zero-order chi connectivity index (χ0) is 14.2. The summed E-state index contributed by atoms with van der Waals surface area (Å²) in [5.74, 6) is -0.742. The van der Waals surface area contributed by atoms with Gasteiger partial charge >= 0.3 is 5.97 Å².